The summed E-state index contributed by atoms with van der Waals surface area (Å²) in [5.74, 6) is -0.122. The van der Waals surface area contributed by atoms with E-state index in [2.05, 4.69) is 121 Å². The average Bonchev–Trinajstić information content (AvgIpc) is 3.42. The first-order valence-electron chi connectivity index (χ1n) is 19.5. The van der Waals surface area contributed by atoms with Gasteiger partial charge in [0.05, 0.1) is 6.61 Å². The summed E-state index contributed by atoms with van der Waals surface area (Å²) < 4.78 is 50.8. The third-order valence-electron chi connectivity index (χ3n) is 8.65. The Bertz CT molecular complexity index is 1280. The molecule has 1 fully saturated rings. The van der Waals surface area contributed by atoms with Crippen LogP contribution in [-0.2, 0) is 31.6 Å². The van der Waals surface area contributed by atoms with Crippen molar-refractivity contribution in [2.45, 2.75) is 108 Å². The number of hydrogen-bond donors (Lipinski definition) is 7. The third kappa shape index (κ3) is 28.1. The fraction of sp³-hybridized carbons (Fsp3) is 0.879. The van der Waals surface area contributed by atoms with E-state index < -0.39 is 60.3 Å². The van der Waals surface area contributed by atoms with Gasteiger partial charge in [0.2, 0.25) is 0 Å². The minimum Gasteiger partial charge on any atom is -0.387 e. The first kappa shape index (κ1) is 60.1. The lowest BCUT2D eigenvalue weighted by Crippen LogP contribution is -2.36. The molecule has 0 bridgehead atoms. The normalized spacial score (nSPS) is 20.0. The predicted molar refractivity (Wildman–Crippen MR) is 222 cm³/mol. The third-order valence-corrected chi connectivity index (χ3v) is 12.4. The first-order valence-corrected chi connectivity index (χ1v) is 24.0. The average molecular weight is 888 g/mol. The summed E-state index contributed by atoms with van der Waals surface area (Å²) in [5, 5.41) is 20.0. The topological polar surface area (TPSA) is 283 Å². The molecule has 1 aliphatic rings. The summed E-state index contributed by atoms with van der Waals surface area (Å²) in [5.41, 5.74) is 4.39. The summed E-state index contributed by atoms with van der Waals surface area (Å²) in [7, 11) is -16.7. The van der Waals surface area contributed by atoms with Crippen molar-refractivity contribution >= 4 is 29.3 Å². The Balaban J connectivity index is -0.000000838. The molecule has 24 heteroatoms. The van der Waals surface area contributed by atoms with E-state index in [1.807, 2.05) is 0 Å². The second-order valence-electron chi connectivity index (χ2n) is 12.0. The number of aliphatic hydroxyl groups is 2. The van der Waals surface area contributed by atoms with Gasteiger partial charge in [0.15, 0.2) is 6.23 Å². The van der Waals surface area contributed by atoms with Gasteiger partial charge in [-0.15, -0.1) is 0 Å². The molecule has 8 N–H and O–H groups in total. The lowest BCUT2D eigenvalue weighted by molar-refractivity contribution is -0.0541. The van der Waals surface area contributed by atoms with Gasteiger partial charge in [0.25, 0.3) is 0 Å². The quantitative estimate of drug-likeness (QED) is 0.0926. The largest absolute Gasteiger partial charge is 0.490 e. The smallest absolute Gasteiger partial charge is 0.387 e. The molecule has 1 saturated heterocycles. The molecule has 0 saturated carbocycles. The van der Waals surface area contributed by atoms with Crippen LogP contribution in [0.15, 0.2) is 17.1 Å². The standard InChI is InChI=1S/C9H16N3O14P3.4C6H15N/c10-5-1-2-12(9(15)11-5)8-7(14)6(13)4(24-8)3-23-28(19,20)26-29(21,22)25-27(16,17)18;4*1-4-7(5-2)6-3/h1-2,4,6-8,13-14H,3H2,(H,19,20)(H,21,22)(H2,10,11,15)(H2,16,17,18);4*4-6H2,1-3H3/t4-,6-,7-,8-;;;;/m1..../s1. The second-order valence-corrected chi connectivity index (χ2v) is 16.4. The fourth-order valence-corrected chi connectivity index (χ4v) is 7.90. The molecule has 1 aliphatic heterocycles. The monoisotopic (exact) mass is 887 g/mol. The Hall–Kier alpha value is -1.19. The number of anilines is 1. The highest BCUT2D eigenvalue weighted by molar-refractivity contribution is 7.66. The van der Waals surface area contributed by atoms with E-state index in [4.69, 9.17) is 25.2 Å². The van der Waals surface area contributed by atoms with Gasteiger partial charge in [-0.25, -0.2) is 18.5 Å². The van der Waals surface area contributed by atoms with Crippen LogP contribution in [0.3, 0.4) is 0 Å². The predicted octanol–water partition coefficient (Wildman–Crippen LogP) is 3.18. The van der Waals surface area contributed by atoms with Gasteiger partial charge >= 0.3 is 29.2 Å². The molecule has 2 rings (SSSR count). The Morgan fingerprint density at radius 1 is 0.649 bits per heavy atom. The molecule has 0 radical (unpaired) electrons. The van der Waals surface area contributed by atoms with Crippen LogP contribution in [-0.4, -0.2) is 162 Å². The summed E-state index contributed by atoms with van der Waals surface area (Å²) in [4.78, 5) is 60.0. The van der Waals surface area contributed by atoms with Crippen molar-refractivity contribution in [3.63, 3.8) is 0 Å². The number of rotatable bonds is 20. The van der Waals surface area contributed by atoms with Crippen LogP contribution >= 0.6 is 23.5 Å². The van der Waals surface area contributed by atoms with Gasteiger partial charge in [0.1, 0.15) is 24.1 Å². The number of aromatic nitrogens is 2. The Morgan fingerprint density at radius 3 is 1.28 bits per heavy atom. The van der Waals surface area contributed by atoms with E-state index in [0.717, 1.165) is 10.8 Å². The van der Waals surface area contributed by atoms with Crippen LogP contribution in [0.1, 0.15) is 89.3 Å². The van der Waals surface area contributed by atoms with Crippen molar-refractivity contribution in [1.29, 1.82) is 0 Å². The van der Waals surface area contributed by atoms with E-state index in [0.29, 0.717) is 0 Å². The number of aliphatic hydroxyl groups excluding tert-OH is 2. The molecule has 57 heavy (non-hydrogen) atoms. The SMILES string of the molecule is CCN(CC)CC.CCN(CC)CC.CCN(CC)CC.CCN(CC)CC.Nc1ccn([C@@H]2O[C@H](COP(=O)(O)OP(=O)(O)OP(=O)(O)O)[C@@H](O)[C@H]2O)c(=O)n1. The highest BCUT2D eigenvalue weighted by Gasteiger charge is 2.46. The van der Waals surface area contributed by atoms with E-state index in [1.165, 1.54) is 84.6 Å². The molecule has 2 heterocycles. The van der Waals surface area contributed by atoms with Crippen LogP contribution in [0, 0.1) is 0 Å². The number of nitrogen functional groups attached to an aromatic ring is 1. The number of phosphoric acid groups is 3. The maximum Gasteiger partial charge on any atom is 0.490 e. The van der Waals surface area contributed by atoms with Gasteiger partial charge in [0, 0.05) is 6.20 Å². The van der Waals surface area contributed by atoms with E-state index in [1.54, 1.807) is 0 Å². The zero-order valence-electron chi connectivity index (χ0n) is 36.2. The molecule has 21 nitrogen and oxygen atoms in total. The van der Waals surface area contributed by atoms with Crippen molar-refractivity contribution in [2.24, 2.45) is 0 Å². The zero-order valence-corrected chi connectivity index (χ0v) is 38.9. The summed E-state index contributed by atoms with van der Waals surface area (Å²) in [6, 6.07) is 1.20. The molecule has 342 valence electrons. The highest BCUT2D eigenvalue weighted by Crippen LogP contribution is 2.66. The number of hydrogen-bond acceptors (Lipinski definition) is 16. The van der Waals surface area contributed by atoms with E-state index in [9.17, 15) is 33.6 Å². The number of ether oxygens (including phenoxy) is 1. The van der Waals surface area contributed by atoms with Crippen molar-refractivity contribution < 1.29 is 61.4 Å². The van der Waals surface area contributed by atoms with Gasteiger partial charge in [-0.2, -0.15) is 13.6 Å². The molecule has 0 aromatic carbocycles. The Labute approximate surface area is 340 Å². The van der Waals surface area contributed by atoms with Gasteiger partial charge in [-0.1, -0.05) is 83.1 Å². The zero-order chi connectivity index (χ0) is 45.0. The molecule has 1 aromatic rings. The first-order chi connectivity index (χ1) is 26.5. The lowest BCUT2D eigenvalue weighted by Gasteiger charge is -2.19. The van der Waals surface area contributed by atoms with Gasteiger partial charge < -0.3 is 59.9 Å². The highest BCUT2D eigenvalue weighted by atomic mass is 31.3. The fourth-order valence-electron chi connectivity index (χ4n) is 4.87. The van der Waals surface area contributed by atoms with Crippen molar-refractivity contribution in [1.82, 2.24) is 29.2 Å². The maximum atomic E-state index is 11.8. The minimum atomic E-state index is -5.71. The van der Waals surface area contributed by atoms with Crippen LogP contribution in [0.25, 0.3) is 0 Å². The van der Waals surface area contributed by atoms with Crippen molar-refractivity contribution in [2.75, 3.05) is 90.9 Å². The Morgan fingerprint density at radius 2 is 1.00 bits per heavy atom. The van der Waals surface area contributed by atoms with Crippen LogP contribution in [0.5, 0.6) is 0 Å². The summed E-state index contributed by atoms with van der Waals surface area (Å²) in [6.07, 6.45) is -5.38. The van der Waals surface area contributed by atoms with E-state index >= 15 is 0 Å². The molecule has 0 spiro atoms. The van der Waals surface area contributed by atoms with Crippen LogP contribution < -0.4 is 11.4 Å². The molecule has 6 atom stereocenters. The van der Waals surface area contributed by atoms with Crippen molar-refractivity contribution in [3.8, 4) is 0 Å². The molecule has 1 aromatic heterocycles. The molecule has 0 amide bonds. The number of nitrogens with two attached hydrogens (primary N) is 1. The Kier molecular flexibility index (Phi) is 34.3. The molecular formula is C33H76N7O14P3. The van der Waals surface area contributed by atoms with E-state index in [-0.39, 0.29) is 5.82 Å². The maximum absolute atomic E-state index is 11.8. The number of nitrogens with zero attached hydrogens (tertiary/aromatic N) is 6. The minimum absolute atomic E-state index is 0.122. The second kappa shape index (κ2) is 32.6. The number of phosphoric ester groups is 1. The lowest BCUT2D eigenvalue weighted by atomic mass is 10.1. The summed E-state index contributed by atoms with van der Waals surface area (Å²) >= 11 is 0. The van der Waals surface area contributed by atoms with Crippen LogP contribution in [0.2, 0.25) is 0 Å². The van der Waals surface area contributed by atoms with Gasteiger partial charge in [-0.3, -0.25) is 9.09 Å². The summed E-state index contributed by atoms with van der Waals surface area (Å²) in [6.45, 7) is 39.5. The molecule has 2 unspecified atom stereocenters. The van der Waals surface area contributed by atoms with Gasteiger partial charge in [-0.05, 0) is 84.6 Å². The molecule has 0 aliphatic carbocycles. The van der Waals surface area contributed by atoms with Crippen LogP contribution in [0.4, 0.5) is 5.82 Å². The van der Waals surface area contributed by atoms with Crippen molar-refractivity contribution in [3.05, 3.63) is 22.7 Å². The molecular weight excluding hydrogens is 811 g/mol.